The van der Waals surface area contributed by atoms with E-state index < -0.39 is 12.0 Å². The molecule has 0 aromatic heterocycles. The number of hydrogen-bond acceptors (Lipinski definition) is 5. The number of hydrogen-bond donors (Lipinski definition) is 4. The SMILES string of the molecule is C#CCCC1(CCNC(=O)NCCCC[C@H](N)C(=O)O)N=N1. The Morgan fingerprint density at radius 2 is 1.91 bits per heavy atom. The second kappa shape index (κ2) is 9.00. The number of urea groups is 1. The number of amides is 2. The second-order valence-electron chi connectivity index (χ2n) is 5.26. The van der Waals surface area contributed by atoms with Crippen LogP contribution >= 0.6 is 0 Å². The van der Waals surface area contributed by atoms with Crippen LogP contribution in [0.25, 0.3) is 0 Å². The molecule has 0 saturated heterocycles. The first-order chi connectivity index (χ1) is 10.5. The summed E-state index contributed by atoms with van der Waals surface area (Å²) in [5.74, 6) is 1.55. The van der Waals surface area contributed by atoms with Gasteiger partial charge in [0.1, 0.15) is 6.04 Å². The molecule has 8 nitrogen and oxygen atoms in total. The highest BCUT2D eigenvalue weighted by molar-refractivity contribution is 5.73. The van der Waals surface area contributed by atoms with Gasteiger partial charge in [-0.05, 0) is 19.3 Å². The largest absolute Gasteiger partial charge is 0.480 e. The van der Waals surface area contributed by atoms with Crippen LogP contribution in [0.4, 0.5) is 4.79 Å². The predicted molar refractivity (Wildman–Crippen MR) is 81.1 cm³/mol. The number of aliphatic carboxylic acids is 1. The zero-order valence-corrected chi connectivity index (χ0v) is 12.5. The van der Waals surface area contributed by atoms with E-state index in [1.54, 1.807) is 0 Å². The highest BCUT2D eigenvalue weighted by Crippen LogP contribution is 2.35. The average molecular weight is 309 g/mol. The van der Waals surface area contributed by atoms with Gasteiger partial charge in [-0.15, -0.1) is 12.3 Å². The first-order valence-electron chi connectivity index (χ1n) is 7.37. The second-order valence-corrected chi connectivity index (χ2v) is 5.26. The average Bonchev–Trinajstić information content (AvgIpc) is 3.24. The van der Waals surface area contributed by atoms with Crippen LogP contribution in [0.5, 0.6) is 0 Å². The van der Waals surface area contributed by atoms with Crippen molar-refractivity contribution in [1.29, 1.82) is 0 Å². The van der Waals surface area contributed by atoms with Gasteiger partial charge < -0.3 is 21.5 Å². The van der Waals surface area contributed by atoms with Gasteiger partial charge in [-0.1, -0.05) is 0 Å². The third-order valence-corrected chi connectivity index (χ3v) is 3.41. The molecule has 1 aliphatic rings. The number of carboxylic acid groups (broad SMARTS) is 1. The fourth-order valence-corrected chi connectivity index (χ4v) is 1.92. The van der Waals surface area contributed by atoms with Gasteiger partial charge in [-0.3, -0.25) is 4.79 Å². The molecule has 0 aromatic rings. The minimum Gasteiger partial charge on any atom is -0.480 e. The Morgan fingerprint density at radius 3 is 2.50 bits per heavy atom. The minimum atomic E-state index is -1.000. The van der Waals surface area contributed by atoms with E-state index in [4.69, 9.17) is 17.3 Å². The van der Waals surface area contributed by atoms with Gasteiger partial charge in [0.15, 0.2) is 5.66 Å². The summed E-state index contributed by atoms with van der Waals surface area (Å²) < 4.78 is 0. The molecule has 0 radical (unpaired) electrons. The van der Waals surface area contributed by atoms with Crippen LogP contribution in [-0.4, -0.2) is 41.9 Å². The molecule has 8 heteroatoms. The molecule has 1 rings (SSSR count). The lowest BCUT2D eigenvalue weighted by Crippen LogP contribution is -2.38. The summed E-state index contributed by atoms with van der Waals surface area (Å²) in [5, 5.41) is 22.0. The van der Waals surface area contributed by atoms with Gasteiger partial charge in [0.25, 0.3) is 0 Å². The summed E-state index contributed by atoms with van der Waals surface area (Å²) in [6, 6.07) is -1.09. The summed E-state index contributed by atoms with van der Waals surface area (Å²) in [4.78, 5) is 22.0. The van der Waals surface area contributed by atoms with Crippen molar-refractivity contribution >= 4 is 12.0 Å². The lowest BCUT2D eigenvalue weighted by atomic mass is 10.0. The number of terminal acetylenes is 1. The van der Waals surface area contributed by atoms with E-state index >= 15 is 0 Å². The van der Waals surface area contributed by atoms with E-state index in [2.05, 4.69) is 26.8 Å². The lowest BCUT2D eigenvalue weighted by molar-refractivity contribution is -0.138. The first-order valence-corrected chi connectivity index (χ1v) is 7.37. The number of carboxylic acids is 1. The predicted octanol–water partition coefficient (Wildman–Crippen LogP) is 0.833. The van der Waals surface area contributed by atoms with Crippen LogP contribution in [0.2, 0.25) is 0 Å². The lowest BCUT2D eigenvalue weighted by Gasteiger charge is -2.11. The van der Waals surface area contributed by atoms with Crippen molar-refractivity contribution in [2.45, 2.75) is 50.2 Å². The van der Waals surface area contributed by atoms with Gasteiger partial charge in [0.2, 0.25) is 0 Å². The molecule has 0 spiro atoms. The molecule has 1 heterocycles. The Morgan fingerprint density at radius 1 is 1.23 bits per heavy atom. The number of nitrogens with two attached hydrogens (primary N) is 1. The van der Waals surface area contributed by atoms with Crippen molar-refractivity contribution in [2.24, 2.45) is 16.0 Å². The van der Waals surface area contributed by atoms with Crippen molar-refractivity contribution < 1.29 is 14.7 Å². The van der Waals surface area contributed by atoms with Crippen LogP contribution in [0.1, 0.15) is 38.5 Å². The van der Waals surface area contributed by atoms with Gasteiger partial charge in [-0.2, -0.15) is 10.2 Å². The normalized spacial score (nSPS) is 15.6. The maximum atomic E-state index is 11.5. The summed E-state index contributed by atoms with van der Waals surface area (Å²) in [5.41, 5.74) is 4.99. The molecule has 22 heavy (non-hydrogen) atoms. The topological polar surface area (TPSA) is 129 Å². The van der Waals surface area contributed by atoms with Crippen LogP contribution in [0, 0.1) is 12.3 Å². The van der Waals surface area contributed by atoms with Crippen molar-refractivity contribution in [3.8, 4) is 12.3 Å². The molecular weight excluding hydrogens is 286 g/mol. The third kappa shape index (κ3) is 7.04. The van der Waals surface area contributed by atoms with Crippen molar-refractivity contribution in [3.63, 3.8) is 0 Å². The Kier molecular flexibility index (Phi) is 7.32. The minimum absolute atomic E-state index is 0.254. The first kappa shape index (κ1) is 17.9. The van der Waals surface area contributed by atoms with Crippen LogP contribution < -0.4 is 16.4 Å². The molecule has 0 saturated carbocycles. The van der Waals surface area contributed by atoms with Gasteiger partial charge >= 0.3 is 12.0 Å². The Balaban J connectivity index is 1.98. The van der Waals surface area contributed by atoms with Crippen LogP contribution in [0.15, 0.2) is 10.2 Å². The third-order valence-electron chi connectivity index (χ3n) is 3.41. The smallest absolute Gasteiger partial charge is 0.320 e. The summed E-state index contributed by atoms with van der Waals surface area (Å²) >= 11 is 0. The Hall–Kier alpha value is -2.14. The molecular formula is C14H23N5O3. The summed E-state index contributed by atoms with van der Waals surface area (Å²) in [6.07, 6.45) is 8.93. The standard InChI is InChI=1S/C14H23N5O3/c1-2-3-7-14(18-19-14)8-10-17-13(22)16-9-5-4-6-11(15)12(20)21/h1,11H,3-10,15H2,(H,20,21)(H2,16,17,22)/t11-/m0/s1. The Bertz CT molecular complexity index is 452. The van der Waals surface area contributed by atoms with E-state index in [1.807, 2.05) is 0 Å². The van der Waals surface area contributed by atoms with Crippen molar-refractivity contribution in [1.82, 2.24) is 10.6 Å². The highest BCUT2D eigenvalue weighted by Gasteiger charge is 2.38. The number of nitrogens with zero attached hydrogens (tertiary/aromatic N) is 2. The fourth-order valence-electron chi connectivity index (χ4n) is 1.92. The summed E-state index contributed by atoms with van der Waals surface area (Å²) in [7, 11) is 0. The van der Waals surface area contributed by atoms with Crippen molar-refractivity contribution in [3.05, 3.63) is 0 Å². The number of carbonyl (C=O) groups is 2. The number of carbonyl (C=O) groups excluding carboxylic acids is 1. The molecule has 0 aromatic carbocycles. The molecule has 5 N–H and O–H groups in total. The molecule has 122 valence electrons. The molecule has 0 aliphatic carbocycles. The number of rotatable bonds is 11. The molecule has 1 aliphatic heterocycles. The monoisotopic (exact) mass is 309 g/mol. The molecule has 1 atom stereocenters. The number of unbranched alkanes of at least 4 members (excludes halogenated alkanes) is 1. The zero-order valence-electron chi connectivity index (χ0n) is 12.5. The number of nitrogens with one attached hydrogen (secondary N) is 2. The maximum Gasteiger partial charge on any atom is 0.320 e. The van der Waals surface area contributed by atoms with Gasteiger partial charge in [0.05, 0.1) is 0 Å². The van der Waals surface area contributed by atoms with E-state index in [0.717, 1.165) is 6.42 Å². The van der Waals surface area contributed by atoms with Crippen LogP contribution in [0.3, 0.4) is 0 Å². The highest BCUT2D eigenvalue weighted by atomic mass is 16.4. The quantitative estimate of drug-likeness (QED) is 0.333. The molecule has 0 unspecified atom stereocenters. The van der Waals surface area contributed by atoms with E-state index in [0.29, 0.717) is 45.2 Å². The molecule has 0 bridgehead atoms. The van der Waals surface area contributed by atoms with E-state index in [1.165, 1.54) is 0 Å². The molecule has 0 fully saturated rings. The van der Waals surface area contributed by atoms with E-state index in [9.17, 15) is 9.59 Å². The van der Waals surface area contributed by atoms with Crippen molar-refractivity contribution in [2.75, 3.05) is 13.1 Å². The Labute approximate surface area is 129 Å². The fraction of sp³-hybridized carbons (Fsp3) is 0.714. The van der Waals surface area contributed by atoms with Gasteiger partial charge in [0, 0.05) is 32.4 Å². The van der Waals surface area contributed by atoms with E-state index in [-0.39, 0.29) is 11.7 Å². The van der Waals surface area contributed by atoms with Crippen LogP contribution in [-0.2, 0) is 4.79 Å². The maximum absolute atomic E-state index is 11.5. The molecule has 2 amide bonds. The van der Waals surface area contributed by atoms with Gasteiger partial charge in [-0.25, -0.2) is 4.79 Å². The zero-order chi connectivity index (χ0) is 16.4. The summed E-state index contributed by atoms with van der Waals surface area (Å²) in [6.45, 7) is 0.961.